The summed E-state index contributed by atoms with van der Waals surface area (Å²) in [4.78, 5) is 12.3. The molecule has 0 unspecified atom stereocenters. The van der Waals surface area contributed by atoms with Crippen molar-refractivity contribution >= 4 is 17.5 Å². The molecule has 2 rings (SSSR count). The molecule has 1 aromatic carbocycles. The highest BCUT2D eigenvalue weighted by atomic mass is 32.2. The topological polar surface area (TPSA) is 42.2 Å². The zero-order valence-electron chi connectivity index (χ0n) is 13.0. The molecule has 0 amide bonds. The Morgan fingerprint density at radius 2 is 2.00 bits per heavy atom. The quantitative estimate of drug-likeness (QED) is 0.654. The molecule has 1 N–H and O–H groups in total. The Labute approximate surface area is 134 Å². The first-order valence-electron chi connectivity index (χ1n) is 7.13. The van der Waals surface area contributed by atoms with Gasteiger partial charge in [-0.05, 0) is 44.5 Å². The van der Waals surface area contributed by atoms with Crippen LogP contribution >= 0.6 is 11.8 Å². The van der Waals surface area contributed by atoms with Gasteiger partial charge in [0.1, 0.15) is 5.82 Å². The summed E-state index contributed by atoms with van der Waals surface area (Å²) < 4.78 is 15.7. The van der Waals surface area contributed by atoms with Crippen molar-refractivity contribution in [2.75, 3.05) is 18.1 Å². The molecule has 2 aromatic rings. The van der Waals surface area contributed by atoms with Crippen LogP contribution in [-0.4, -0.2) is 33.6 Å². The number of ketones is 1. The number of benzene rings is 1. The molecular formula is C17H20FNO2S. The predicted molar refractivity (Wildman–Crippen MR) is 88.7 cm³/mol. The Balaban J connectivity index is 2.34. The lowest BCUT2D eigenvalue weighted by molar-refractivity contribution is 0.102. The monoisotopic (exact) mass is 321 g/mol. The van der Waals surface area contributed by atoms with Crippen molar-refractivity contribution in [1.29, 1.82) is 0 Å². The number of aryl methyl sites for hydroxylation is 2. The number of hydrogen-bond donors (Lipinski definition) is 1. The van der Waals surface area contributed by atoms with Gasteiger partial charge in [0.25, 0.3) is 0 Å². The van der Waals surface area contributed by atoms with Crippen molar-refractivity contribution in [1.82, 2.24) is 4.57 Å². The van der Waals surface area contributed by atoms with Crippen molar-refractivity contribution in [2.24, 2.45) is 0 Å². The molecule has 0 spiro atoms. The van der Waals surface area contributed by atoms with Gasteiger partial charge in [-0.2, -0.15) is 11.8 Å². The van der Waals surface area contributed by atoms with E-state index in [2.05, 4.69) is 0 Å². The highest BCUT2D eigenvalue weighted by Crippen LogP contribution is 2.23. The summed E-state index contributed by atoms with van der Waals surface area (Å²) in [5, 5.41) is 8.78. The second-order valence-corrected chi connectivity index (χ2v) is 6.36. The highest BCUT2D eigenvalue weighted by molar-refractivity contribution is 8.00. The first-order valence-corrected chi connectivity index (χ1v) is 8.28. The SMILES string of the molecule is Cc1ccc(-n2c(C)cc(C(=O)CSCCO)c2C)cc1F. The van der Waals surface area contributed by atoms with E-state index in [1.807, 2.05) is 30.5 Å². The minimum absolute atomic E-state index is 0.0328. The molecule has 0 atom stereocenters. The summed E-state index contributed by atoms with van der Waals surface area (Å²) in [5.41, 5.74) is 3.69. The van der Waals surface area contributed by atoms with E-state index in [1.54, 1.807) is 13.0 Å². The van der Waals surface area contributed by atoms with Crippen LogP contribution in [0.2, 0.25) is 0 Å². The van der Waals surface area contributed by atoms with E-state index in [9.17, 15) is 9.18 Å². The predicted octanol–water partition coefficient (Wildman–Crippen LogP) is 3.45. The molecule has 0 fully saturated rings. The fourth-order valence-corrected chi connectivity index (χ4v) is 3.08. The third-order valence-electron chi connectivity index (χ3n) is 3.61. The molecule has 1 heterocycles. The molecule has 0 aliphatic carbocycles. The average molecular weight is 321 g/mol. The van der Waals surface area contributed by atoms with Crippen LogP contribution in [0.4, 0.5) is 4.39 Å². The fraction of sp³-hybridized carbons (Fsp3) is 0.353. The summed E-state index contributed by atoms with van der Waals surface area (Å²) in [6.07, 6.45) is 0. The largest absolute Gasteiger partial charge is 0.396 e. The second kappa shape index (κ2) is 7.11. The number of carbonyl (C=O) groups excluding carboxylic acids is 1. The van der Waals surface area contributed by atoms with Crippen molar-refractivity contribution in [3.8, 4) is 5.69 Å². The third-order valence-corrected chi connectivity index (χ3v) is 4.55. The van der Waals surface area contributed by atoms with Gasteiger partial charge in [-0.25, -0.2) is 4.39 Å². The molecule has 0 saturated carbocycles. The molecule has 22 heavy (non-hydrogen) atoms. The van der Waals surface area contributed by atoms with Crippen molar-refractivity contribution < 1.29 is 14.3 Å². The van der Waals surface area contributed by atoms with E-state index < -0.39 is 0 Å². The number of aliphatic hydroxyl groups excluding tert-OH is 1. The van der Waals surface area contributed by atoms with E-state index in [4.69, 9.17) is 5.11 Å². The van der Waals surface area contributed by atoms with Crippen LogP contribution < -0.4 is 0 Å². The van der Waals surface area contributed by atoms with Crippen LogP contribution in [0.15, 0.2) is 24.3 Å². The number of nitrogens with zero attached hydrogens (tertiary/aromatic N) is 1. The van der Waals surface area contributed by atoms with Gasteiger partial charge in [0.05, 0.1) is 12.4 Å². The molecular weight excluding hydrogens is 301 g/mol. The van der Waals surface area contributed by atoms with E-state index >= 15 is 0 Å². The first-order chi connectivity index (χ1) is 10.5. The maximum atomic E-state index is 13.8. The van der Waals surface area contributed by atoms with E-state index in [0.717, 1.165) is 17.1 Å². The Kier molecular flexibility index (Phi) is 5.42. The summed E-state index contributed by atoms with van der Waals surface area (Å²) in [5.74, 6) is 0.669. The summed E-state index contributed by atoms with van der Waals surface area (Å²) in [6.45, 7) is 5.57. The Bertz CT molecular complexity index is 694. The number of aromatic nitrogens is 1. The van der Waals surface area contributed by atoms with Crippen LogP contribution in [0.3, 0.4) is 0 Å². The Hall–Kier alpha value is -1.59. The minimum atomic E-state index is -0.253. The van der Waals surface area contributed by atoms with Crippen LogP contribution in [0.1, 0.15) is 27.3 Å². The molecule has 3 nitrogen and oxygen atoms in total. The number of hydrogen-bond acceptors (Lipinski definition) is 3. The van der Waals surface area contributed by atoms with Gasteiger partial charge in [-0.1, -0.05) is 6.07 Å². The van der Waals surface area contributed by atoms with Crippen molar-refractivity contribution in [3.05, 3.63) is 52.6 Å². The van der Waals surface area contributed by atoms with Gasteiger partial charge in [0.2, 0.25) is 0 Å². The Morgan fingerprint density at radius 1 is 1.27 bits per heavy atom. The van der Waals surface area contributed by atoms with Crippen LogP contribution in [0, 0.1) is 26.6 Å². The maximum Gasteiger partial charge on any atom is 0.174 e. The number of thioether (sulfide) groups is 1. The molecule has 0 radical (unpaired) electrons. The van der Waals surface area contributed by atoms with E-state index in [0.29, 0.717) is 22.6 Å². The standard InChI is InChI=1S/C17H20FNO2S/c1-11-4-5-14(9-16(11)18)19-12(2)8-15(13(19)3)17(21)10-22-7-6-20/h4-5,8-9,20H,6-7,10H2,1-3H3. The van der Waals surface area contributed by atoms with Crippen LogP contribution in [-0.2, 0) is 0 Å². The molecule has 0 saturated heterocycles. The summed E-state index contributed by atoms with van der Waals surface area (Å²) in [6, 6.07) is 6.92. The van der Waals surface area contributed by atoms with Gasteiger partial charge in [0.15, 0.2) is 5.78 Å². The summed E-state index contributed by atoms with van der Waals surface area (Å²) >= 11 is 1.41. The highest BCUT2D eigenvalue weighted by Gasteiger charge is 2.17. The van der Waals surface area contributed by atoms with Gasteiger partial charge < -0.3 is 9.67 Å². The van der Waals surface area contributed by atoms with Gasteiger partial charge >= 0.3 is 0 Å². The van der Waals surface area contributed by atoms with E-state index in [1.165, 1.54) is 17.8 Å². The van der Waals surface area contributed by atoms with E-state index in [-0.39, 0.29) is 18.2 Å². The smallest absolute Gasteiger partial charge is 0.174 e. The lowest BCUT2D eigenvalue weighted by Gasteiger charge is -2.11. The maximum absolute atomic E-state index is 13.8. The summed E-state index contributed by atoms with van der Waals surface area (Å²) in [7, 11) is 0. The molecule has 5 heteroatoms. The minimum Gasteiger partial charge on any atom is -0.396 e. The van der Waals surface area contributed by atoms with Gasteiger partial charge in [-0.3, -0.25) is 4.79 Å². The third kappa shape index (κ3) is 3.42. The lowest BCUT2D eigenvalue weighted by atomic mass is 10.2. The number of halogens is 1. The molecule has 118 valence electrons. The lowest BCUT2D eigenvalue weighted by Crippen LogP contribution is -2.06. The number of carbonyl (C=O) groups is 1. The molecule has 0 aliphatic heterocycles. The van der Waals surface area contributed by atoms with Gasteiger partial charge in [-0.15, -0.1) is 0 Å². The number of aliphatic hydroxyl groups is 1. The second-order valence-electron chi connectivity index (χ2n) is 5.25. The number of rotatable bonds is 6. The Morgan fingerprint density at radius 3 is 2.64 bits per heavy atom. The average Bonchev–Trinajstić information content (AvgIpc) is 2.77. The number of Topliss-reactive ketones (excluding diaryl/α,β-unsaturated/α-hetero) is 1. The zero-order chi connectivity index (χ0) is 16.3. The zero-order valence-corrected chi connectivity index (χ0v) is 13.8. The fourth-order valence-electron chi connectivity index (χ4n) is 2.47. The van der Waals surface area contributed by atoms with Crippen LogP contribution in [0.25, 0.3) is 5.69 Å². The van der Waals surface area contributed by atoms with Gasteiger partial charge in [0, 0.05) is 28.4 Å². The van der Waals surface area contributed by atoms with Crippen molar-refractivity contribution in [3.63, 3.8) is 0 Å². The molecule has 1 aromatic heterocycles. The van der Waals surface area contributed by atoms with Crippen LogP contribution in [0.5, 0.6) is 0 Å². The van der Waals surface area contributed by atoms with Crippen molar-refractivity contribution in [2.45, 2.75) is 20.8 Å². The normalized spacial score (nSPS) is 11.0. The first kappa shape index (κ1) is 16.8. The molecule has 0 aliphatic rings. The molecule has 0 bridgehead atoms.